The predicted molar refractivity (Wildman–Crippen MR) is 93.6 cm³/mol. The van der Waals surface area contributed by atoms with Crippen LogP contribution in [0, 0.1) is 0 Å². The van der Waals surface area contributed by atoms with E-state index in [2.05, 4.69) is 25.4 Å². The molecule has 10 heteroatoms. The molecule has 0 saturated heterocycles. The van der Waals surface area contributed by atoms with Gasteiger partial charge in [0.2, 0.25) is 10.0 Å². The number of hydrogen-bond donors (Lipinski definition) is 1. The molecule has 124 valence electrons. The van der Waals surface area contributed by atoms with Crippen molar-refractivity contribution in [1.82, 2.24) is 4.72 Å². The Morgan fingerprint density at radius 1 is 1.26 bits per heavy atom. The van der Waals surface area contributed by atoms with E-state index in [4.69, 9.17) is 23.2 Å². The molecule has 23 heavy (non-hydrogen) atoms. The van der Waals surface area contributed by atoms with Crippen LogP contribution in [0.1, 0.15) is 11.6 Å². The van der Waals surface area contributed by atoms with Crippen LogP contribution in [0.15, 0.2) is 39.7 Å². The third kappa shape index (κ3) is 4.07. The fourth-order valence-electron chi connectivity index (χ4n) is 1.80. The maximum atomic E-state index is 12.6. The lowest BCUT2D eigenvalue weighted by Gasteiger charge is -2.17. The van der Waals surface area contributed by atoms with Crippen molar-refractivity contribution in [2.75, 3.05) is 7.11 Å². The van der Waals surface area contributed by atoms with Crippen LogP contribution in [0.25, 0.3) is 0 Å². The summed E-state index contributed by atoms with van der Waals surface area (Å²) in [6.07, 6.45) is 0. The van der Waals surface area contributed by atoms with Crippen molar-refractivity contribution >= 4 is 66.5 Å². The number of carbonyl (C=O) groups is 1. The van der Waals surface area contributed by atoms with Gasteiger partial charge in [0.1, 0.15) is 19.6 Å². The molecule has 1 atom stereocenters. The molecule has 0 fully saturated rings. The highest BCUT2D eigenvalue weighted by Crippen LogP contribution is 2.43. The summed E-state index contributed by atoms with van der Waals surface area (Å²) >= 11 is 15.8. The summed E-state index contributed by atoms with van der Waals surface area (Å²) in [5.41, 5.74) is 0.441. The second kappa shape index (κ2) is 7.50. The maximum Gasteiger partial charge on any atom is 0.328 e. The quantitative estimate of drug-likeness (QED) is 0.687. The number of ether oxygens (including phenoxy) is 1. The standard InChI is InChI=1S/C13H10BrCl2NO4S2/c1-21-13(18)9(7-5-3-2-4-6-7)17-23(19,20)10-8(14)11(15)22-12(10)16/h2-6,9,17H,1H3. The van der Waals surface area contributed by atoms with E-state index in [-0.39, 0.29) is 18.0 Å². The molecule has 0 aliphatic heterocycles. The first-order valence-electron chi connectivity index (χ1n) is 6.06. The van der Waals surface area contributed by atoms with Crippen molar-refractivity contribution in [3.05, 3.63) is 49.0 Å². The van der Waals surface area contributed by atoms with Gasteiger partial charge >= 0.3 is 5.97 Å². The Morgan fingerprint density at radius 3 is 2.35 bits per heavy atom. The number of carbonyl (C=O) groups excluding carboxylic acids is 1. The number of sulfonamides is 1. The van der Waals surface area contributed by atoms with E-state index < -0.39 is 22.0 Å². The lowest BCUT2D eigenvalue weighted by molar-refractivity contribution is -0.142. The van der Waals surface area contributed by atoms with Crippen LogP contribution in [0.3, 0.4) is 0 Å². The second-order valence-electron chi connectivity index (χ2n) is 4.28. The SMILES string of the molecule is COC(=O)C(NS(=O)(=O)c1c(Cl)sc(Cl)c1Br)c1ccccc1. The molecule has 0 spiro atoms. The van der Waals surface area contributed by atoms with Crippen molar-refractivity contribution < 1.29 is 17.9 Å². The summed E-state index contributed by atoms with van der Waals surface area (Å²) in [4.78, 5) is 11.8. The molecule has 2 rings (SSSR count). The van der Waals surface area contributed by atoms with Gasteiger partial charge in [0.15, 0.2) is 0 Å². The molecule has 1 N–H and O–H groups in total. The monoisotopic (exact) mass is 457 g/mol. The number of hydrogen-bond acceptors (Lipinski definition) is 5. The first-order valence-corrected chi connectivity index (χ1v) is 9.91. The lowest BCUT2D eigenvalue weighted by Crippen LogP contribution is -2.34. The number of esters is 1. The Balaban J connectivity index is 2.45. The maximum absolute atomic E-state index is 12.6. The third-order valence-corrected chi connectivity index (χ3v) is 7.73. The van der Waals surface area contributed by atoms with Gasteiger partial charge in [-0.25, -0.2) is 13.2 Å². The Morgan fingerprint density at radius 2 is 1.87 bits per heavy atom. The smallest absolute Gasteiger partial charge is 0.328 e. The molecular weight excluding hydrogens is 449 g/mol. The van der Waals surface area contributed by atoms with Gasteiger partial charge in [0.25, 0.3) is 0 Å². The van der Waals surface area contributed by atoms with Crippen molar-refractivity contribution in [3.63, 3.8) is 0 Å². The van der Waals surface area contributed by atoms with E-state index in [0.29, 0.717) is 5.56 Å². The lowest BCUT2D eigenvalue weighted by atomic mass is 10.1. The van der Waals surface area contributed by atoms with Gasteiger partial charge in [-0.3, -0.25) is 0 Å². The number of rotatable bonds is 5. The highest BCUT2D eigenvalue weighted by molar-refractivity contribution is 9.10. The second-order valence-corrected chi connectivity index (χ2v) is 8.95. The Kier molecular flexibility index (Phi) is 6.10. The van der Waals surface area contributed by atoms with E-state index in [9.17, 15) is 13.2 Å². The molecular formula is C13H10BrCl2NO4S2. The van der Waals surface area contributed by atoms with Gasteiger partial charge in [-0.2, -0.15) is 4.72 Å². The fraction of sp³-hybridized carbons (Fsp3) is 0.154. The molecule has 2 aromatic rings. The summed E-state index contributed by atoms with van der Waals surface area (Å²) in [5.74, 6) is -0.742. The average molecular weight is 459 g/mol. The predicted octanol–water partition coefficient (Wildman–Crippen LogP) is 4.01. The van der Waals surface area contributed by atoms with Gasteiger partial charge in [-0.05, 0) is 21.5 Å². The normalized spacial score (nSPS) is 12.9. The van der Waals surface area contributed by atoms with Crippen molar-refractivity contribution in [1.29, 1.82) is 0 Å². The molecule has 1 heterocycles. The molecule has 0 bridgehead atoms. The van der Waals surface area contributed by atoms with E-state index in [1.165, 1.54) is 7.11 Å². The Hall–Kier alpha value is -0.640. The molecule has 0 amide bonds. The van der Waals surface area contributed by atoms with Crippen LogP contribution >= 0.6 is 50.5 Å². The number of methoxy groups -OCH3 is 1. The fourth-order valence-corrected chi connectivity index (χ4v) is 6.53. The average Bonchev–Trinajstić information content (AvgIpc) is 2.78. The summed E-state index contributed by atoms with van der Waals surface area (Å²) in [6.45, 7) is 0. The Labute approximate surface area is 155 Å². The highest BCUT2D eigenvalue weighted by atomic mass is 79.9. The van der Waals surface area contributed by atoms with E-state index in [1.54, 1.807) is 30.3 Å². The van der Waals surface area contributed by atoms with Crippen LogP contribution in [0.2, 0.25) is 8.67 Å². The van der Waals surface area contributed by atoms with Gasteiger partial charge < -0.3 is 4.74 Å². The topological polar surface area (TPSA) is 72.5 Å². The highest BCUT2D eigenvalue weighted by Gasteiger charge is 2.32. The summed E-state index contributed by atoms with van der Waals surface area (Å²) in [7, 11) is -2.93. The minimum atomic E-state index is -4.11. The number of thiophene rings is 1. The van der Waals surface area contributed by atoms with Crippen LogP contribution in [0.4, 0.5) is 0 Å². The van der Waals surface area contributed by atoms with Gasteiger partial charge in [-0.15, -0.1) is 11.3 Å². The molecule has 0 radical (unpaired) electrons. The summed E-state index contributed by atoms with van der Waals surface area (Å²) in [6, 6.07) is 7.14. The van der Waals surface area contributed by atoms with Crippen LogP contribution in [-0.2, 0) is 19.6 Å². The number of benzene rings is 1. The minimum absolute atomic E-state index is 0.00828. The first kappa shape index (κ1) is 18.7. The molecule has 1 unspecified atom stereocenters. The van der Waals surface area contributed by atoms with Crippen molar-refractivity contribution in [2.45, 2.75) is 10.9 Å². The minimum Gasteiger partial charge on any atom is -0.468 e. The third-order valence-electron chi connectivity index (χ3n) is 2.84. The van der Waals surface area contributed by atoms with Crippen molar-refractivity contribution in [2.24, 2.45) is 0 Å². The zero-order valence-corrected chi connectivity index (χ0v) is 16.3. The van der Waals surface area contributed by atoms with Crippen LogP contribution in [0.5, 0.6) is 0 Å². The van der Waals surface area contributed by atoms with E-state index >= 15 is 0 Å². The zero-order chi connectivity index (χ0) is 17.2. The Bertz CT molecular complexity index is 824. The molecule has 1 aromatic heterocycles. The van der Waals surface area contributed by atoms with Crippen LogP contribution < -0.4 is 4.72 Å². The number of halogens is 3. The molecule has 5 nitrogen and oxygen atoms in total. The van der Waals surface area contributed by atoms with Crippen molar-refractivity contribution in [3.8, 4) is 0 Å². The zero-order valence-electron chi connectivity index (χ0n) is 11.5. The van der Waals surface area contributed by atoms with E-state index in [1.807, 2.05) is 0 Å². The molecule has 0 aliphatic rings. The van der Waals surface area contributed by atoms with Gasteiger partial charge in [0.05, 0.1) is 11.6 Å². The summed E-state index contributed by atoms with van der Waals surface area (Å²) in [5, 5.41) is 0. The first-order chi connectivity index (χ1) is 10.8. The molecule has 0 aliphatic carbocycles. The molecule has 1 aromatic carbocycles. The van der Waals surface area contributed by atoms with Crippen LogP contribution in [-0.4, -0.2) is 21.5 Å². The van der Waals surface area contributed by atoms with Gasteiger partial charge in [-0.1, -0.05) is 53.5 Å². The largest absolute Gasteiger partial charge is 0.468 e. The van der Waals surface area contributed by atoms with E-state index in [0.717, 1.165) is 11.3 Å². The summed E-state index contributed by atoms with van der Waals surface area (Å²) < 4.78 is 32.5. The number of nitrogens with one attached hydrogen (secondary N) is 1. The van der Waals surface area contributed by atoms with Gasteiger partial charge in [0, 0.05) is 0 Å². The molecule has 0 saturated carbocycles.